The molecular weight excluding hydrogens is 382 g/mol. The van der Waals surface area contributed by atoms with Crippen LogP contribution in [0.4, 0.5) is 4.79 Å². The van der Waals surface area contributed by atoms with Gasteiger partial charge in [-0.1, -0.05) is 18.2 Å². The van der Waals surface area contributed by atoms with Crippen molar-refractivity contribution in [1.29, 1.82) is 0 Å². The molecule has 9 heteroatoms. The van der Waals surface area contributed by atoms with Crippen molar-refractivity contribution in [3.8, 4) is 0 Å². The highest BCUT2D eigenvalue weighted by Crippen LogP contribution is 2.26. The monoisotopic (exact) mass is 409 g/mol. The van der Waals surface area contributed by atoms with Gasteiger partial charge < -0.3 is 20.1 Å². The van der Waals surface area contributed by atoms with E-state index in [0.717, 1.165) is 56.1 Å². The third kappa shape index (κ3) is 3.65. The average molecular weight is 409 g/mol. The summed E-state index contributed by atoms with van der Waals surface area (Å²) in [5.74, 6) is 1.88. The lowest BCUT2D eigenvalue weighted by Crippen LogP contribution is -2.58. The van der Waals surface area contributed by atoms with Crippen LogP contribution in [0.3, 0.4) is 0 Å². The number of nitrogens with one attached hydrogen (secondary N) is 2. The van der Waals surface area contributed by atoms with Gasteiger partial charge in [0.2, 0.25) is 0 Å². The lowest BCUT2D eigenvalue weighted by atomic mass is 10.1. The molecule has 0 radical (unpaired) electrons. The predicted octanol–water partition coefficient (Wildman–Crippen LogP) is 0.622. The number of urea groups is 1. The van der Waals surface area contributed by atoms with Gasteiger partial charge in [0.05, 0.1) is 6.54 Å². The average Bonchev–Trinajstić information content (AvgIpc) is 3.49. The summed E-state index contributed by atoms with van der Waals surface area (Å²) < 4.78 is 2.08. The Morgan fingerprint density at radius 2 is 1.93 bits per heavy atom. The van der Waals surface area contributed by atoms with Crippen molar-refractivity contribution >= 4 is 11.9 Å². The van der Waals surface area contributed by atoms with E-state index in [2.05, 4.69) is 30.3 Å². The van der Waals surface area contributed by atoms with Crippen molar-refractivity contribution in [2.75, 3.05) is 26.2 Å². The first kappa shape index (κ1) is 19.0. The molecule has 4 heterocycles. The van der Waals surface area contributed by atoms with E-state index in [1.165, 1.54) is 0 Å². The number of rotatable bonds is 5. The first-order valence-corrected chi connectivity index (χ1v) is 10.7. The van der Waals surface area contributed by atoms with Crippen LogP contribution in [0.2, 0.25) is 0 Å². The van der Waals surface area contributed by atoms with E-state index < -0.39 is 0 Å². The van der Waals surface area contributed by atoms with Crippen molar-refractivity contribution in [2.24, 2.45) is 0 Å². The quantitative estimate of drug-likeness (QED) is 0.755. The summed E-state index contributed by atoms with van der Waals surface area (Å²) in [6, 6.07) is 9.61. The molecule has 1 aromatic carbocycles. The Balaban J connectivity index is 1.15. The van der Waals surface area contributed by atoms with Crippen LogP contribution in [0.5, 0.6) is 0 Å². The fourth-order valence-corrected chi connectivity index (χ4v) is 4.81. The second-order valence-corrected chi connectivity index (χ2v) is 8.27. The number of benzene rings is 1. The zero-order valence-electron chi connectivity index (χ0n) is 17.0. The normalized spacial score (nSPS) is 24.5. The molecule has 2 bridgehead atoms. The molecule has 2 aromatic rings. The molecule has 3 aliphatic rings. The van der Waals surface area contributed by atoms with Crippen LogP contribution in [0.1, 0.15) is 34.8 Å². The van der Waals surface area contributed by atoms with Gasteiger partial charge in [-0.2, -0.15) is 0 Å². The smallest absolute Gasteiger partial charge is 0.315 e. The van der Waals surface area contributed by atoms with Crippen molar-refractivity contribution in [3.63, 3.8) is 0 Å². The Morgan fingerprint density at radius 1 is 1.07 bits per heavy atom. The van der Waals surface area contributed by atoms with Gasteiger partial charge in [-0.05, 0) is 25.0 Å². The van der Waals surface area contributed by atoms with Gasteiger partial charge in [0, 0.05) is 56.8 Å². The van der Waals surface area contributed by atoms with E-state index in [9.17, 15) is 9.59 Å². The number of aromatic nitrogens is 3. The van der Waals surface area contributed by atoms with Crippen LogP contribution in [-0.2, 0) is 19.5 Å². The number of hydrogen-bond acceptors (Lipinski definition) is 5. The summed E-state index contributed by atoms with van der Waals surface area (Å²) in [6.45, 7) is 4.27. The molecule has 2 N–H and O–H groups in total. The lowest BCUT2D eigenvalue weighted by Gasteiger charge is -2.40. The van der Waals surface area contributed by atoms with Crippen LogP contribution in [-0.4, -0.2) is 74.8 Å². The van der Waals surface area contributed by atoms with Gasteiger partial charge in [-0.3, -0.25) is 9.69 Å². The molecule has 0 spiro atoms. The fraction of sp³-hybridized carbons (Fsp3) is 0.524. The molecule has 0 saturated carbocycles. The minimum absolute atomic E-state index is 0.0808. The SMILES string of the molecule is O=C(NCc1nnc2n1CCC2)NC[C@H]1CN(C(=O)c2ccccc2)[C@H]2CCN1C2. The summed E-state index contributed by atoms with van der Waals surface area (Å²) in [4.78, 5) is 29.7. The molecule has 1 aromatic heterocycles. The third-order valence-electron chi connectivity index (χ3n) is 6.43. The number of aryl methyl sites for hydroxylation is 1. The summed E-state index contributed by atoms with van der Waals surface area (Å²) in [6.07, 6.45) is 3.02. The second-order valence-electron chi connectivity index (χ2n) is 8.27. The number of carbonyl (C=O) groups excluding carboxylic acids is 2. The first-order valence-electron chi connectivity index (χ1n) is 10.7. The predicted molar refractivity (Wildman–Crippen MR) is 110 cm³/mol. The van der Waals surface area contributed by atoms with E-state index in [-0.39, 0.29) is 24.0 Å². The van der Waals surface area contributed by atoms with Crippen LogP contribution in [0.25, 0.3) is 0 Å². The van der Waals surface area contributed by atoms with Gasteiger partial charge >= 0.3 is 6.03 Å². The highest BCUT2D eigenvalue weighted by atomic mass is 16.2. The molecule has 1 unspecified atom stereocenters. The standard InChI is InChI=1S/C21H27N7O2/c29-20(15-5-2-1-3-6-15)28-14-17(26-10-8-16(28)13-26)11-22-21(30)23-12-19-25-24-18-7-4-9-27(18)19/h1-3,5-6,16-17H,4,7-14H2,(H2,22,23,30)/t16-,17-/m0/s1. The molecule has 3 atom stereocenters. The summed E-state index contributed by atoms with van der Waals surface area (Å²) in [5.41, 5.74) is 0.725. The summed E-state index contributed by atoms with van der Waals surface area (Å²) in [5, 5.41) is 14.2. The minimum atomic E-state index is -0.215. The summed E-state index contributed by atoms with van der Waals surface area (Å²) >= 11 is 0. The first-order chi connectivity index (χ1) is 14.7. The van der Waals surface area contributed by atoms with Crippen LogP contribution in [0, 0.1) is 0 Å². The number of piperazine rings is 1. The Kier molecular flexibility index (Phi) is 5.12. The van der Waals surface area contributed by atoms with E-state index in [4.69, 9.17) is 0 Å². The number of hydrogen-bond donors (Lipinski definition) is 2. The van der Waals surface area contributed by atoms with Gasteiger partial charge in [0.1, 0.15) is 5.82 Å². The fourth-order valence-electron chi connectivity index (χ4n) is 4.81. The molecule has 5 rings (SSSR count). The number of fused-ring (bicyclic) bond motifs is 3. The Morgan fingerprint density at radius 3 is 2.80 bits per heavy atom. The van der Waals surface area contributed by atoms with E-state index >= 15 is 0 Å². The second kappa shape index (κ2) is 8.06. The van der Waals surface area contributed by atoms with Crippen LogP contribution in [0.15, 0.2) is 30.3 Å². The number of nitrogens with zero attached hydrogens (tertiary/aromatic N) is 5. The zero-order valence-corrected chi connectivity index (χ0v) is 17.0. The number of carbonyl (C=O) groups is 2. The van der Waals surface area contributed by atoms with Crippen molar-refractivity contribution in [2.45, 2.75) is 44.4 Å². The highest BCUT2D eigenvalue weighted by molar-refractivity contribution is 5.94. The summed E-state index contributed by atoms with van der Waals surface area (Å²) in [7, 11) is 0. The number of amides is 3. The lowest BCUT2D eigenvalue weighted by molar-refractivity contribution is 0.0499. The maximum Gasteiger partial charge on any atom is 0.315 e. The van der Waals surface area contributed by atoms with E-state index in [1.54, 1.807) is 0 Å². The van der Waals surface area contributed by atoms with Crippen molar-refractivity contribution < 1.29 is 9.59 Å². The van der Waals surface area contributed by atoms with Crippen LogP contribution < -0.4 is 10.6 Å². The Bertz CT molecular complexity index is 929. The topological polar surface area (TPSA) is 95.4 Å². The third-order valence-corrected chi connectivity index (χ3v) is 6.43. The van der Waals surface area contributed by atoms with Crippen LogP contribution >= 0.6 is 0 Å². The molecule has 30 heavy (non-hydrogen) atoms. The maximum absolute atomic E-state index is 13.0. The molecular formula is C21H27N7O2. The Hall–Kier alpha value is -2.94. The molecule has 3 aliphatic heterocycles. The largest absolute Gasteiger partial charge is 0.337 e. The molecule has 2 fully saturated rings. The Labute approximate surface area is 175 Å². The van der Waals surface area contributed by atoms with Gasteiger partial charge in [-0.15, -0.1) is 10.2 Å². The van der Waals surface area contributed by atoms with Gasteiger partial charge in [-0.25, -0.2) is 4.79 Å². The molecule has 2 saturated heterocycles. The van der Waals surface area contributed by atoms with E-state index in [0.29, 0.717) is 19.6 Å². The van der Waals surface area contributed by atoms with Gasteiger partial charge in [0.15, 0.2) is 5.82 Å². The van der Waals surface area contributed by atoms with Gasteiger partial charge in [0.25, 0.3) is 5.91 Å². The maximum atomic E-state index is 13.0. The zero-order chi connectivity index (χ0) is 20.5. The molecule has 3 amide bonds. The van der Waals surface area contributed by atoms with E-state index in [1.807, 2.05) is 35.2 Å². The highest BCUT2D eigenvalue weighted by Gasteiger charge is 2.40. The molecule has 0 aliphatic carbocycles. The van der Waals surface area contributed by atoms with Crippen molar-refractivity contribution in [3.05, 3.63) is 47.5 Å². The molecule has 158 valence electrons. The van der Waals surface area contributed by atoms with Crippen molar-refractivity contribution in [1.82, 2.24) is 35.2 Å². The molecule has 9 nitrogen and oxygen atoms in total. The minimum Gasteiger partial charge on any atom is -0.337 e.